The summed E-state index contributed by atoms with van der Waals surface area (Å²) < 4.78 is 0. The predicted octanol–water partition coefficient (Wildman–Crippen LogP) is -0.484. The topological polar surface area (TPSA) is 49.4 Å². The van der Waals surface area contributed by atoms with Gasteiger partial charge in [0.05, 0.1) is 0 Å². The summed E-state index contributed by atoms with van der Waals surface area (Å²) in [5.41, 5.74) is 2.40. The maximum Gasteiger partial charge on any atom is 0.244 e. The van der Waals surface area contributed by atoms with E-state index in [4.69, 9.17) is 0 Å². The third-order valence-electron chi connectivity index (χ3n) is 1.54. The molecule has 0 aromatic rings. The molecular weight excluding hydrogens is 132 g/mol. The number of amides is 2. The molecule has 0 aliphatic carbocycles. The highest BCUT2D eigenvalue weighted by molar-refractivity contribution is 5.90. The Hall–Kier alpha value is -1.06. The average molecular weight is 142 g/mol. The molecule has 0 aromatic carbocycles. The second-order valence-electron chi connectivity index (χ2n) is 2.54. The smallest absolute Gasteiger partial charge is 0.244 e. The lowest BCUT2D eigenvalue weighted by molar-refractivity contribution is -0.149. The van der Waals surface area contributed by atoms with Gasteiger partial charge in [-0.05, 0) is 0 Å². The van der Waals surface area contributed by atoms with Crippen molar-refractivity contribution in [2.24, 2.45) is 5.92 Å². The Labute approximate surface area is 59.2 Å². The molecular formula is C6H10N2O2. The highest BCUT2D eigenvalue weighted by Crippen LogP contribution is 2.09. The first kappa shape index (κ1) is 7.05. The van der Waals surface area contributed by atoms with Crippen molar-refractivity contribution in [1.82, 2.24) is 10.4 Å². The van der Waals surface area contributed by atoms with E-state index in [1.54, 1.807) is 14.0 Å². The Kier molecular flexibility index (Phi) is 1.61. The van der Waals surface area contributed by atoms with Crippen LogP contribution < -0.4 is 5.43 Å². The second-order valence-corrected chi connectivity index (χ2v) is 2.54. The van der Waals surface area contributed by atoms with E-state index >= 15 is 0 Å². The maximum absolute atomic E-state index is 11.0. The molecule has 1 fully saturated rings. The number of hydrogen-bond donors (Lipinski definition) is 1. The van der Waals surface area contributed by atoms with Gasteiger partial charge in [0.15, 0.2) is 0 Å². The fraction of sp³-hybridized carbons (Fsp3) is 0.667. The highest BCUT2D eigenvalue weighted by atomic mass is 16.2. The predicted molar refractivity (Wildman–Crippen MR) is 34.7 cm³/mol. The molecule has 1 aliphatic heterocycles. The van der Waals surface area contributed by atoms with Gasteiger partial charge in [-0.2, -0.15) is 0 Å². The third kappa shape index (κ3) is 1.10. The van der Waals surface area contributed by atoms with E-state index in [0.717, 1.165) is 0 Å². The number of nitrogens with zero attached hydrogens (tertiary/aromatic N) is 1. The van der Waals surface area contributed by atoms with E-state index in [0.29, 0.717) is 6.42 Å². The van der Waals surface area contributed by atoms with Crippen molar-refractivity contribution in [1.29, 1.82) is 0 Å². The molecule has 1 heterocycles. The van der Waals surface area contributed by atoms with Gasteiger partial charge in [0.2, 0.25) is 11.8 Å². The number of hydrogen-bond acceptors (Lipinski definition) is 2. The molecule has 1 saturated heterocycles. The monoisotopic (exact) mass is 142 g/mol. The van der Waals surface area contributed by atoms with E-state index in [1.165, 1.54) is 5.01 Å². The summed E-state index contributed by atoms with van der Waals surface area (Å²) in [6.07, 6.45) is 0.309. The summed E-state index contributed by atoms with van der Waals surface area (Å²) in [5, 5.41) is 1.23. The molecule has 0 radical (unpaired) electrons. The summed E-state index contributed by atoms with van der Waals surface area (Å²) in [6.45, 7) is 1.75. The number of carbonyl (C=O) groups excluding carboxylic acids is 2. The van der Waals surface area contributed by atoms with Crippen LogP contribution >= 0.6 is 0 Å². The minimum atomic E-state index is -0.168. The van der Waals surface area contributed by atoms with Gasteiger partial charge in [0.25, 0.3) is 0 Å². The lowest BCUT2D eigenvalue weighted by Crippen LogP contribution is -2.51. The summed E-state index contributed by atoms with van der Waals surface area (Å²) in [4.78, 5) is 21.7. The van der Waals surface area contributed by atoms with E-state index < -0.39 is 0 Å². The Morgan fingerprint density at radius 2 is 2.20 bits per heavy atom. The minimum Gasteiger partial charge on any atom is -0.273 e. The van der Waals surface area contributed by atoms with Crippen molar-refractivity contribution in [3.63, 3.8) is 0 Å². The average Bonchev–Trinajstić information content (AvgIpc) is 1.82. The van der Waals surface area contributed by atoms with Gasteiger partial charge in [-0.15, -0.1) is 0 Å². The normalized spacial score (nSPS) is 26.6. The van der Waals surface area contributed by atoms with Gasteiger partial charge in [-0.25, -0.2) is 0 Å². The quantitative estimate of drug-likeness (QED) is 0.496. The Balaban J connectivity index is 2.66. The zero-order chi connectivity index (χ0) is 7.72. The second kappa shape index (κ2) is 2.28. The molecule has 0 aromatic heterocycles. The fourth-order valence-corrected chi connectivity index (χ4v) is 0.984. The molecule has 1 aliphatic rings. The summed E-state index contributed by atoms with van der Waals surface area (Å²) in [7, 11) is 1.55. The molecule has 0 spiro atoms. The number of carbonyl (C=O) groups is 2. The van der Waals surface area contributed by atoms with Crippen LogP contribution in [0.25, 0.3) is 0 Å². The summed E-state index contributed by atoms with van der Waals surface area (Å²) >= 11 is 0. The van der Waals surface area contributed by atoms with Gasteiger partial charge in [-0.1, -0.05) is 6.92 Å². The zero-order valence-corrected chi connectivity index (χ0v) is 6.05. The summed E-state index contributed by atoms with van der Waals surface area (Å²) in [5.74, 6) is -0.284. The Bertz CT molecular complexity index is 163. The van der Waals surface area contributed by atoms with Gasteiger partial charge in [-0.3, -0.25) is 20.0 Å². The number of nitrogens with one attached hydrogen (secondary N) is 1. The van der Waals surface area contributed by atoms with Gasteiger partial charge < -0.3 is 0 Å². The van der Waals surface area contributed by atoms with Gasteiger partial charge in [0, 0.05) is 19.4 Å². The molecule has 1 rings (SSSR count). The van der Waals surface area contributed by atoms with Crippen molar-refractivity contribution >= 4 is 11.8 Å². The maximum atomic E-state index is 11.0. The molecule has 4 heteroatoms. The molecule has 4 nitrogen and oxygen atoms in total. The van der Waals surface area contributed by atoms with E-state index in [9.17, 15) is 9.59 Å². The molecule has 0 saturated carbocycles. The number of rotatable bonds is 0. The highest BCUT2D eigenvalue weighted by Gasteiger charge is 2.26. The van der Waals surface area contributed by atoms with Crippen molar-refractivity contribution in [3.8, 4) is 0 Å². The molecule has 10 heavy (non-hydrogen) atoms. The van der Waals surface area contributed by atoms with E-state index in [-0.39, 0.29) is 17.7 Å². The molecule has 0 bridgehead atoms. The molecule has 56 valence electrons. The van der Waals surface area contributed by atoms with Gasteiger partial charge >= 0.3 is 0 Å². The van der Waals surface area contributed by atoms with Crippen LogP contribution in [0.15, 0.2) is 0 Å². The lowest BCUT2D eigenvalue weighted by atomic mass is 10.1. The van der Waals surface area contributed by atoms with Crippen molar-refractivity contribution in [2.45, 2.75) is 13.3 Å². The van der Waals surface area contributed by atoms with Crippen LogP contribution in [0.5, 0.6) is 0 Å². The van der Waals surface area contributed by atoms with E-state index in [1.807, 2.05) is 0 Å². The molecule has 1 atom stereocenters. The van der Waals surface area contributed by atoms with Crippen LogP contribution in [0.3, 0.4) is 0 Å². The Morgan fingerprint density at radius 1 is 1.60 bits per heavy atom. The van der Waals surface area contributed by atoms with Crippen LogP contribution in [0.4, 0.5) is 0 Å². The van der Waals surface area contributed by atoms with Crippen LogP contribution in [0.1, 0.15) is 13.3 Å². The number of hydrazine groups is 1. The largest absolute Gasteiger partial charge is 0.273 e. The van der Waals surface area contributed by atoms with Crippen molar-refractivity contribution in [2.75, 3.05) is 7.05 Å². The first-order valence-corrected chi connectivity index (χ1v) is 3.18. The van der Waals surface area contributed by atoms with Crippen molar-refractivity contribution < 1.29 is 9.59 Å². The fourth-order valence-electron chi connectivity index (χ4n) is 0.984. The first-order chi connectivity index (χ1) is 4.61. The molecule has 2 amide bonds. The van der Waals surface area contributed by atoms with Crippen LogP contribution in [-0.4, -0.2) is 23.9 Å². The van der Waals surface area contributed by atoms with E-state index in [2.05, 4.69) is 5.43 Å². The first-order valence-electron chi connectivity index (χ1n) is 3.18. The van der Waals surface area contributed by atoms with Crippen LogP contribution in [0, 0.1) is 5.92 Å². The third-order valence-corrected chi connectivity index (χ3v) is 1.54. The summed E-state index contributed by atoms with van der Waals surface area (Å²) in [6, 6.07) is 0. The minimum absolute atomic E-state index is 0.0281. The standard InChI is InChI=1S/C6H10N2O2/c1-4-3-5(9)7-8(2)6(4)10/h4H,3H2,1-2H3,(H,7,9)/t4-/m1/s1. The SMILES string of the molecule is C[C@@H]1CC(=O)NN(C)C1=O. The Morgan fingerprint density at radius 3 is 2.70 bits per heavy atom. The van der Waals surface area contributed by atoms with Crippen molar-refractivity contribution in [3.05, 3.63) is 0 Å². The molecule has 1 N–H and O–H groups in total. The van der Waals surface area contributed by atoms with Crippen LogP contribution in [-0.2, 0) is 9.59 Å². The van der Waals surface area contributed by atoms with Gasteiger partial charge in [0.1, 0.15) is 0 Å². The lowest BCUT2D eigenvalue weighted by Gasteiger charge is -2.26. The zero-order valence-electron chi connectivity index (χ0n) is 6.05. The van der Waals surface area contributed by atoms with Crippen LogP contribution in [0.2, 0.25) is 0 Å². The molecule has 0 unspecified atom stereocenters.